The summed E-state index contributed by atoms with van der Waals surface area (Å²) in [5.41, 5.74) is 2.31. The normalized spacial score (nSPS) is 12.1. The van der Waals surface area contributed by atoms with Gasteiger partial charge < -0.3 is 9.47 Å². The Morgan fingerprint density at radius 1 is 1.05 bits per heavy atom. The van der Waals surface area contributed by atoms with Crippen molar-refractivity contribution < 1.29 is 0 Å². The van der Waals surface area contributed by atoms with Crippen LogP contribution in [0.25, 0.3) is 11.4 Å². The monoisotopic (exact) mass is 292 g/mol. The highest BCUT2D eigenvalue weighted by Crippen LogP contribution is 2.19. The van der Waals surface area contributed by atoms with E-state index in [2.05, 4.69) is 57.7 Å². The van der Waals surface area contributed by atoms with Gasteiger partial charge in [0.1, 0.15) is 5.82 Å². The van der Waals surface area contributed by atoms with Crippen molar-refractivity contribution in [3.63, 3.8) is 0 Å². The fourth-order valence-corrected chi connectivity index (χ4v) is 2.54. The number of nitrogens with zero attached hydrogens (tertiary/aromatic N) is 4. The molecule has 0 aliphatic carbocycles. The molecular weight excluding hydrogens is 272 g/mol. The van der Waals surface area contributed by atoms with E-state index in [1.807, 2.05) is 30.6 Å². The lowest BCUT2D eigenvalue weighted by Gasteiger charge is -2.27. The van der Waals surface area contributed by atoms with Crippen LogP contribution in [0.4, 0.5) is 5.69 Å². The SMILES string of the molecule is CC(Cn1ccnc1-c1ccncc1)N(C)c1ccccc1. The molecule has 0 amide bonds. The summed E-state index contributed by atoms with van der Waals surface area (Å²) in [5, 5.41) is 0. The fraction of sp³-hybridized carbons (Fsp3) is 0.222. The number of pyridine rings is 1. The van der Waals surface area contributed by atoms with E-state index < -0.39 is 0 Å². The Hall–Kier alpha value is -2.62. The molecule has 0 aliphatic heterocycles. The molecule has 0 radical (unpaired) electrons. The molecule has 0 saturated heterocycles. The van der Waals surface area contributed by atoms with E-state index in [1.165, 1.54) is 5.69 Å². The van der Waals surface area contributed by atoms with Gasteiger partial charge in [0.05, 0.1) is 0 Å². The first-order chi connectivity index (χ1) is 10.8. The van der Waals surface area contributed by atoms with Crippen LogP contribution in [0, 0.1) is 0 Å². The molecule has 112 valence electrons. The number of benzene rings is 1. The second kappa shape index (κ2) is 6.43. The molecule has 4 nitrogen and oxygen atoms in total. The summed E-state index contributed by atoms with van der Waals surface area (Å²) < 4.78 is 2.19. The summed E-state index contributed by atoms with van der Waals surface area (Å²) in [7, 11) is 2.13. The van der Waals surface area contributed by atoms with Crippen LogP contribution in [0.15, 0.2) is 67.3 Å². The summed E-state index contributed by atoms with van der Waals surface area (Å²) in [6, 6.07) is 14.8. The van der Waals surface area contributed by atoms with Crippen LogP contribution in [0.1, 0.15) is 6.92 Å². The molecule has 4 heteroatoms. The van der Waals surface area contributed by atoms with Crippen LogP contribution in [0.3, 0.4) is 0 Å². The Labute approximate surface area is 131 Å². The van der Waals surface area contributed by atoms with Crippen molar-refractivity contribution in [2.75, 3.05) is 11.9 Å². The van der Waals surface area contributed by atoms with Crippen molar-refractivity contribution in [1.29, 1.82) is 0 Å². The lowest BCUT2D eigenvalue weighted by molar-refractivity contribution is 0.567. The minimum absolute atomic E-state index is 0.359. The van der Waals surface area contributed by atoms with E-state index in [-0.39, 0.29) is 0 Å². The minimum atomic E-state index is 0.359. The molecule has 0 aliphatic rings. The van der Waals surface area contributed by atoms with Gasteiger partial charge in [-0.25, -0.2) is 4.98 Å². The molecule has 3 rings (SSSR count). The molecule has 0 bridgehead atoms. The first-order valence-electron chi connectivity index (χ1n) is 7.45. The van der Waals surface area contributed by atoms with Crippen molar-refractivity contribution in [3.05, 3.63) is 67.3 Å². The molecule has 2 heterocycles. The first-order valence-corrected chi connectivity index (χ1v) is 7.45. The largest absolute Gasteiger partial charge is 0.370 e. The summed E-state index contributed by atoms with van der Waals surface area (Å²) in [4.78, 5) is 10.8. The van der Waals surface area contributed by atoms with E-state index in [4.69, 9.17) is 0 Å². The topological polar surface area (TPSA) is 34.0 Å². The van der Waals surface area contributed by atoms with Gasteiger partial charge in [0.15, 0.2) is 0 Å². The number of imidazole rings is 1. The van der Waals surface area contributed by atoms with Gasteiger partial charge in [0.2, 0.25) is 0 Å². The molecule has 3 aromatic rings. The number of aromatic nitrogens is 3. The van der Waals surface area contributed by atoms with Crippen molar-refractivity contribution in [2.45, 2.75) is 19.5 Å². The van der Waals surface area contributed by atoms with Crippen molar-refractivity contribution >= 4 is 5.69 Å². The van der Waals surface area contributed by atoms with Gasteiger partial charge in [-0.3, -0.25) is 4.98 Å². The van der Waals surface area contributed by atoms with Crippen LogP contribution in [0.5, 0.6) is 0 Å². The first kappa shape index (κ1) is 14.3. The molecule has 0 N–H and O–H groups in total. The van der Waals surface area contributed by atoms with E-state index in [9.17, 15) is 0 Å². The van der Waals surface area contributed by atoms with Crippen molar-refractivity contribution in [2.24, 2.45) is 0 Å². The quantitative estimate of drug-likeness (QED) is 0.722. The Balaban J connectivity index is 1.78. The standard InChI is InChI=1S/C18H20N4/c1-15(21(2)17-6-4-3-5-7-17)14-22-13-12-20-18(22)16-8-10-19-11-9-16/h3-13,15H,14H2,1-2H3. The molecular formula is C18H20N4. The molecule has 2 aromatic heterocycles. The van der Waals surface area contributed by atoms with Gasteiger partial charge in [-0.1, -0.05) is 18.2 Å². The van der Waals surface area contributed by atoms with Gasteiger partial charge >= 0.3 is 0 Å². The van der Waals surface area contributed by atoms with Crippen LogP contribution in [-0.2, 0) is 6.54 Å². The lowest BCUT2D eigenvalue weighted by atomic mass is 10.2. The third kappa shape index (κ3) is 3.01. The summed E-state index contributed by atoms with van der Waals surface area (Å²) in [6.45, 7) is 3.10. The van der Waals surface area contributed by atoms with E-state index in [0.29, 0.717) is 6.04 Å². The summed E-state index contributed by atoms with van der Waals surface area (Å²) in [6.07, 6.45) is 7.48. The molecule has 0 spiro atoms. The Morgan fingerprint density at radius 2 is 1.77 bits per heavy atom. The molecule has 0 fully saturated rings. The second-order valence-corrected chi connectivity index (χ2v) is 5.43. The number of anilines is 1. The lowest BCUT2D eigenvalue weighted by Crippen LogP contribution is -2.32. The maximum atomic E-state index is 4.49. The molecule has 1 atom stereocenters. The van der Waals surface area contributed by atoms with Crippen molar-refractivity contribution in [1.82, 2.24) is 14.5 Å². The van der Waals surface area contributed by atoms with E-state index in [0.717, 1.165) is 17.9 Å². The number of hydrogen-bond acceptors (Lipinski definition) is 3. The van der Waals surface area contributed by atoms with E-state index >= 15 is 0 Å². The maximum Gasteiger partial charge on any atom is 0.140 e. The average molecular weight is 292 g/mol. The summed E-state index contributed by atoms with van der Waals surface area (Å²) in [5.74, 6) is 0.982. The zero-order valence-electron chi connectivity index (χ0n) is 12.9. The fourth-order valence-electron chi connectivity index (χ4n) is 2.54. The van der Waals surface area contributed by atoms with Gasteiger partial charge in [-0.15, -0.1) is 0 Å². The Bertz CT molecular complexity index is 706. The number of hydrogen-bond donors (Lipinski definition) is 0. The van der Waals surface area contributed by atoms with Gasteiger partial charge in [0.25, 0.3) is 0 Å². The number of para-hydroxylation sites is 1. The maximum absolute atomic E-state index is 4.49. The highest BCUT2D eigenvalue weighted by atomic mass is 15.2. The van der Waals surface area contributed by atoms with E-state index in [1.54, 1.807) is 12.4 Å². The van der Waals surface area contributed by atoms with Crippen molar-refractivity contribution in [3.8, 4) is 11.4 Å². The molecule has 0 saturated carbocycles. The third-order valence-corrected chi connectivity index (χ3v) is 3.94. The van der Waals surface area contributed by atoms with Gasteiger partial charge in [-0.2, -0.15) is 0 Å². The predicted molar refractivity (Wildman–Crippen MR) is 89.8 cm³/mol. The zero-order valence-corrected chi connectivity index (χ0v) is 12.9. The smallest absolute Gasteiger partial charge is 0.140 e. The van der Waals surface area contributed by atoms with Crippen LogP contribution < -0.4 is 4.90 Å². The second-order valence-electron chi connectivity index (χ2n) is 5.43. The minimum Gasteiger partial charge on any atom is -0.370 e. The average Bonchev–Trinajstić information content (AvgIpc) is 3.04. The zero-order chi connectivity index (χ0) is 15.4. The Morgan fingerprint density at radius 3 is 2.50 bits per heavy atom. The highest BCUT2D eigenvalue weighted by molar-refractivity contribution is 5.54. The third-order valence-electron chi connectivity index (χ3n) is 3.94. The van der Waals surface area contributed by atoms with Gasteiger partial charge in [0, 0.05) is 55.7 Å². The van der Waals surface area contributed by atoms with Crippen LogP contribution >= 0.6 is 0 Å². The number of rotatable bonds is 5. The molecule has 22 heavy (non-hydrogen) atoms. The number of likely N-dealkylation sites (N-methyl/N-ethyl adjacent to an activating group) is 1. The van der Waals surface area contributed by atoms with Gasteiger partial charge in [-0.05, 0) is 31.2 Å². The Kier molecular flexibility index (Phi) is 4.19. The molecule has 1 aromatic carbocycles. The molecule has 1 unspecified atom stereocenters. The van der Waals surface area contributed by atoms with Crippen LogP contribution in [-0.4, -0.2) is 27.6 Å². The predicted octanol–water partition coefficient (Wildman–Crippen LogP) is 3.47. The summed E-state index contributed by atoms with van der Waals surface area (Å²) >= 11 is 0. The highest BCUT2D eigenvalue weighted by Gasteiger charge is 2.13. The van der Waals surface area contributed by atoms with Crippen LogP contribution in [0.2, 0.25) is 0 Å².